The van der Waals surface area contributed by atoms with Crippen molar-refractivity contribution in [3.8, 4) is 5.75 Å². The number of rotatable bonds is 7. The maximum Gasteiger partial charge on any atom is 0.405 e. The van der Waals surface area contributed by atoms with Gasteiger partial charge in [0.2, 0.25) is 5.95 Å². The summed E-state index contributed by atoms with van der Waals surface area (Å²) in [5.74, 6) is -1.44. The molecule has 4 heterocycles. The third-order valence-corrected chi connectivity index (χ3v) is 4.71. The van der Waals surface area contributed by atoms with Crippen molar-refractivity contribution >= 4 is 22.6 Å². The van der Waals surface area contributed by atoms with Gasteiger partial charge >= 0.3 is 6.18 Å². The van der Waals surface area contributed by atoms with Crippen molar-refractivity contribution in [2.45, 2.75) is 12.6 Å². The van der Waals surface area contributed by atoms with E-state index in [4.69, 9.17) is 4.74 Å². The molecule has 2 N–H and O–H groups in total. The Bertz CT molecular complexity index is 1320. The zero-order chi connectivity index (χ0) is 23.6. The molecule has 0 aliphatic carbocycles. The number of pyridine rings is 2. The molecule has 0 aliphatic rings. The fraction of sp³-hybridized carbons (Fsp3) is 0.190. The maximum absolute atomic E-state index is 14.8. The summed E-state index contributed by atoms with van der Waals surface area (Å²) in [5.41, 5.74) is 0.798. The van der Waals surface area contributed by atoms with Gasteiger partial charge in [-0.15, -0.1) is 0 Å². The van der Waals surface area contributed by atoms with E-state index in [-0.39, 0.29) is 34.4 Å². The van der Waals surface area contributed by atoms with Crippen LogP contribution in [0.3, 0.4) is 0 Å². The van der Waals surface area contributed by atoms with Crippen LogP contribution in [0.5, 0.6) is 5.75 Å². The number of nitrogens with zero attached hydrogens (tertiary/aromatic N) is 4. The Kier molecular flexibility index (Phi) is 5.90. The lowest BCUT2D eigenvalue weighted by Gasteiger charge is -2.10. The van der Waals surface area contributed by atoms with Gasteiger partial charge in [-0.25, -0.2) is 15.0 Å². The molecule has 33 heavy (non-hydrogen) atoms. The Balaban J connectivity index is 1.63. The quantitative estimate of drug-likeness (QED) is 0.246. The fourth-order valence-electron chi connectivity index (χ4n) is 3.23. The Morgan fingerprint density at radius 3 is 2.73 bits per heavy atom. The Labute approximate surface area is 184 Å². The number of hydrogen-bond acceptors (Lipinski definition) is 7. The fourth-order valence-corrected chi connectivity index (χ4v) is 3.23. The normalized spacial score (nSPS) is 11.5. The van der Waals surface area contributed by atoms with Crippen LogP contribution in [0.25, 0.3) is 11.0 Å². The SMILES string of the molecule is COc1cncc(Cc2ccc(C(=O)c3c[nH]c4ncnc(NCC(F)(F)F)c34)c(F)n2)c1. The van der Waals surface area contributed by atoms with Gasteiger partial charge in [0.05, 0.1) is 29.8 Å². The first-order valence-corrected chi connectivity index (χ1v) is 9.56. The van der Waals surface area contributed by atoms with Crippen LogP contribution in [-0.4, -0.2) is 50.5 Å². The predicted molar refractivity (Wildman–Crippen MR) is 110 cm³/mol. The standard InChI is InChI=1S/C21H16F4N6O2/c1-33-13-5-11(6-26-7-13)4-12-2-3-14(18(22)31-12)17(32)15-8-27-19-16(15)20(30-10-29-19)28-9-21(23,24)25/h2-3,5-8,10H,4,9H2,1H3,(H2,27,28,29,30). The summed E-state index contributed by atoms with van der Waals surface area (Å²) in [6.45, 7) is -1.36. The van der Waals surface area contributed by atoms with Crippen molar-refractivity contribution in [2.75, 3.05) is 19.0 Å². The highest BCUT2D eigenvalue weighted by Gasteiger charge is 2.28. The molecule has 0 bridgehead atoms. The van der Waals surface area contributed by atoms with Gasteiger partial charge in [-0.3, -0.25) is 9.78 Å². The maximum atomic E-state index is 14.8. The lowest BCUT2D eigenvalue weighted by Crippen LogP contribution is -2.22. The first-order valence-electron chi connectivity index (χ1n) is 9.56. The summed E-state index contributed by atoms with van der Waals surface area (Å²) in [7, 11) is 1.50. The molecular formula is C21H16F4N6O2. The first-order chi connectivity index (χ1) is 15.7. The van der Waals surface area contributed by atoms with E-state index in [1.165, 1.54) is 31.6 Å². The van der Waals surface area contributed by atoms with Gasteiger partial charge in [0.25, 0.3) is 0 Å². The summed E-state index contributed by atoms with van der Waals surface area (Å²) in [4.78, 5) is 31.3. The highest BCUT2D eigenvalue weighted by atomic mass is 19.4. The average molecular weight is 460 g/mol. The minimum Gasteiger partial charge on any atom is -0.495 e. The molecule has 4 aromatic heterocycles. The molecule has 0 unspecified atom stereocenters. The number of aromatic nitrogens is 5. The molecular weight excluding hydrogens is 444 g/mol. The van der Waals surface area contributed by atoms with Crippen molar-refractivity contribution in [3.05, 3.63) is 71.4 Å². The number of fused-ring (bicyclic) bond motifs is 1. The Morgan fingerprint density at radius 2 is 2.00 bits per heavy atom. The van der Waals surface area contributed by atoms with Gasteiger partial charge in [0.15, 0.2) is 5.78 Å². The van der Waals surface area contributed by atoms with E-state index in [1.807, 2.05) is 0 Å². The molecule has 12 heteroatoms. The number of alkyl halides is 3. The van der Waals surface area contributed by atoms with E-state index in [2.05, 4.69) is 30.2 Å². The van der Waals surface area contributed by atoms with Crippen molar-refractivity contribution in [2.24, 2.45) is 0 Å². The number of halogens is 4. The minimum absolute atomic E-state index is 0.0256. The van der Waals surface area contributed by atoms with Gasteiger partial charge < -0.3 is 15.0 Å². The van der Waals surface area contributed by atoms with Crippen LogP contribution in [0.15, 0.2) is 43.1 Å². The third-order valence-electron chi connectivity index (χ3n) is 4.71. The van der Waals surface area contributed by atoms with Gasteiger partial charge in [-0.2, -0.15) is 17.6 Å². The molecule has 0 aliphatic heterocycles. The van der Waals surface area contributed by atoms with Crippen LogP contribution in [0.4, 0.5) is 23.4 Å². The van der Waals surface area contributed by atoms with E-state index in [9.17, 15) is 22.4 Å². The lowest BCUT2D eigenvalue weighted by atomic mass is 10.0. The smallest absolute Gasteiger partial charge is 0.405 e. The topological polar surface area (TPSA) is 106 Å². The molecule has 4 rings (SSSR count). The number of anilines is 1. The van der Waals surface area contributed by atoms with Gasteiger partial charge in [0.1, 0.15) is 30.1 Å². The largest absolute Gasteiger partial charge is 0.495 e. The second-order valence-electron chi connectivity index (χ2n) is 7.00. The summed E-state index contributed by atoms with van der Waals surface area (Å²) in [5, 5.41) is 2.17. The van der Waals surface area contributed by atoms with Crippen molar-refractivity contribution < 1.29 is 27.1 Å². The number of hydrogen-bond donors (Lipinski definition) is 2. The average Bonchev–Trinajstić information content (AvgIpc) is 3.22. The number of H-pyrrole nitrogens is 1. The van der Waals surface area contributed by atoms with Crippen LogP contribution < -0.4 is 10.1 Å². The van der Waals surface area contributed by atoms with Crippen LogP contribution in [0.1, 0.15) is 27.2 Å². The monoisotopic (exact) mass is 460 g/mol. The summed E-state index contributed by atoms with van der Waals surface area (Å²) in [6.07, 6.45) is 1.17. The molecule has 0 spiro atoms. The Hall–Kier alpha value is -4.09. The first kappa shape index (κ1) is 22.1. The van der Waals surface area contributed by atoms with E-state index < -0.39 is 24.5 Å². The Morgan fingerprint density at radius 1 is 1.18 bits per heavy atom. The number of methoxy groups -OCH3 is 1. The molecule has 4 aromatic rings. The highest BCUT2D eigenvalue weighted by Crippen LogP contribution is 2.27. The van der Waals surface area contributed by atoms with Crippen LogP contribution in [0.2, 0.25) is 0 Å². The molecule has 0 radical (unpaired) electrons. The minimum atomic E-state index is -4.50. The van der Waals surface area contributed by atoms with E-state index in [0.29, 0.717) is 11.4 Å². The second kappa shape index (κ2) is 8.81. The van der Waals surface area contributed by atoms with Gasteiger partial charge in [0, 0.05) is 24.5 Å². The van der Waals surface area contributed by atoms with Gasteiger partial charge in [-0.1, -0.05) is 0 Å². The number of aromatic amines is 1. The molecule has 0 aromatic carbocycles. The second-order valence-corrected chi connectivity index (χ2v) is 7.00. The van der Waals surface area contributed by atoms with Crippen LogP contribution in [0, 0.1) is 5.95 Å². The van der Waals surface area contributed by atoms with Crippen molar-refractivity contribution in [1.82, 2.24) is 24.9 Å². The van der Waals surface area contributed by atoms with Gasteiger partial charge in [-0.05, 0) is 23.8 Å². The number of carbonyl (C=O) groups excluding carboxylic acids is 1. The summed E-state index contributed by atoms with van der Waals surface area (Å²) >= 11 is 0. The van der Waals surface area contributed by atoms with Crippen LogP contribution in [-0.2, 0) is 6.42 Å². The highest BCUT2D eigenvalue weighted by molar-refractivity contribution is 6.18. The van der Waals surface area contributed by atoms with Crippen molar-refractivity contribution in [3.63, 3.8) is 0 Å². The molecule has 0 fully saturated rings. The molecule has 170 valence electrons. The zero-order valence-electron chi connectivity index (χ0n) is 17.1. The predicted octanol–water partition coefficient (Wildman–Crippen LogP) is 3.69. The summed E-state index contributed by atoms with van der Waals surface area (Å²) < 4.78 is 57.8. The van der Waals surface area contributed by atoms with E-state index in [1.54, 1.807) is 12.3 Å². The molecule has 0 atom stereocenters. The zero-order valence-corrected chi connectivity index (χ0v) is 17.1. The molecule has 0 amide bonds. The van der Waals surface area contributed by atoms with Crippen molar-refractivity contribution in [1.29, 1.82) is 0 Å². The summed E-state index contributed by atoms with van der Waals surface area (Å²) in [6, 6.07) is 4.50. The number of nitrogens with one attached hydrogen (secondary N) is 2. The number of ether oxygens (including phenoxy) is 1. The molecule has 0 saturated carbocycles. The lowest BCUT2D eigenvalue weighted by molar-refractivity contribution is -0.115. The number of carbonyl (C=O) groups is 1. The molecule has 8 nitrogen and oxygen atoms in total. The van der Waals surface area contributed by atoms with E-state index >= 15 is 0 Å². The van der Waals surface area contributed by atoms with E-state index in [0.717, 1.165) is 11.9 Å². The molecule has 0 saturated heterocycles. The van der Waals surface area contributed by atoms with Crippen LogP contribution >= 0.6 is 0 Å². The third kappa shape index (κ3) is 4.89. The number of ketones is 1.